The lowest BCUT2D eigenvalue weighted by Gasteiger charge is -2.14. The van der Waals surface area contributed by atoms with E-state index in [4.69, 9.17) is 9.47 Å². The third-order valence-electron chi connectivity index (χ3n) is 3.14. The third-order valence-corrected chi connectivity index (χ3v) is 3.14. The van der Waals surface area contributed by atoms with E-state index in [1.54, 1.807) is 18.2 Å². The van der Waals surface area contributed by atoms with E-state index < -0.39 is 17.7 Å². The van der Waals surface area contributed by atoms with Gasteiger partial charge in [0.05, 0.1) is 20.3 Å². The fourth-order valence-electron chi connectivity index (χ4n) is 2.13. The van der Waals surface area contributed by atoms with Crippen molar-refractivity contribution in [3.8, 4) is 11.5 Å². The van der Waals surface area contributed by atoms with Crippen LogP contribution in [0.15, 0.2) is 36.4 Å². The summed E-state index contributed by atoms with van der Waals surface area (Å²) in [4.78, 5) is 0. The standard InChI is InChI=1S/C16H16F2O3/c1-20-15-4-3-11(8-16(15)21-2)14(19)7-10-5-12(17)9-13(18)6-10/h3-6,8-9,14,19H,7H2,1-2H3. The molecule has 5 heteroatoms. The van der Waals surface area contributed by atoms with E-state index in [-0.39, 0.29) is 6.42 Å². The predicted molar refractivity (Wildman–Crippen MR) is 74.6 cm³/mol. The SMILES string of the molecule is COc1ccc(C(O)Cc2cc(F)cc(F)c2)cc1OC. The van der Waals surface area contributed by atoms with Gasteiger partial charge < -0.3 is 14.6 Å². The summed E-state index contributed by atoms with van der Waals surface area (Å²) in [6, 6.07) is 8.19. The molecule has 2 rings (SSSR count). The Morgan fingerprint density at radius 3 is 2.14 bits per heavy atom. The highest BCUT2D eigenvalue weighted by Gasteiger charge is 2.13. The van der Waals surface area contributed by atoms with Crippen molar-refractivity contribution in [3.63, 3.8) is 0 Å². The van der Waals surface area contributed by atoms with Crippen LogP contribution in [0.2, 0.25) is 0 Å². The van der Waals surface area contributed by atoms with Crippen molar-refractivity contribution < 1.29 is 23.4 Å². The zero-order valence-electron chi connectivity index (χ0n) is 11.8. The molecule has 2 aromatic rings. The summed E-state index contributed by atoms with van der Waals surface area (Å²) < 4.78 is 36.6. The molecule has 0 amide bonds. The summed E-state index contributed by atoms with van der Waals surface area (Å²) in [7, 11) is 3.01. The van der Waals surface area contributed by atoms with Crippen LogP contribution in [0, 0.1) is 11.6 Å². The molecule has 0 aliphatic rings. The van der Waals surface area contributed by atoms with E-state index in [0.717, 1.165) is 6.07 Å². The fourth-order valence-corrected chi connectivity index (χ4v) is 2.13. The predicted octanol–water partition coefficient (Wildman–Crippen LogP) is 3.26. The summed E-state index contributed by atoms with van der Waals surface area (Å²) >= 11 is 0. The molecule has 112 valence electrons. The molecule has 1 unspecified atom stereocenters. The second-order valence-corrected chi connectivity index (χ2v) is 4.61. The largest absolute Gasteiger partial charge is 0.493 e. The van der Waals surface area contributed by atoms with Crippen molar-refractivity contribution in [3.05, 3.63) is 59.2 Å². The second-order valence-electron chi connectivity index (χ2n) is 4.61. The van der Waals surface area contributed by atoms with E-state index >= 15 is 0 Å². The van der Waals surface area contributed by atoms with Crippen LogP contribution in [0.3, 0.4) is 0 Å². The highest BCUT2D eigenvalue weighted by molar-refractivity contribution is 5.43. The summed E-state index contributed by atoms with van der Waals surface area (Å²) in [5.41, 5.74) is 0.965. The van der Waals surface area contributed by atoms with Crippen LogP contribution in [0.4, 0.5) is 8.78 Å². The van der Waals surface area contributed by atoms with Crippen molar-refractivity contribution >= 4 is 0 Å². The Morgan fingerprint density at radius 1 is 0.952 bits per heavy atom. The van der Waals surface area contributed by atoms with Crippen LogP contribution in [0.1, 0.15) is 17.2 Å². The van der Waals surface area contributed by atoms with Crippen molar-refractivity contribution in [2.24, 2.45) is 0 Å². The van der Waals surface area contributed by atoms with Crippen LogP contribution < -0.4 is 9.47 Å². The normalized spacial score (nSPS) is 12.0. The summed E-state index contributed by atoms with van der Waals surface area (Å²) in [5.74, 6) is -0.293. The monoisotopic (exact) mass is 294 g/mol. The molecule has 2 aromatic carbocycles. The third kappa shape index (κ3) is 3.70. The van der Waals surface area contributed by atoms with Crippen molar-refractivity contribution in [1.29, 1.82) is 0 Å². The number of ether oxygens (including phenoxy) is 2. The van der Waals surface area contributed by atoms with Gasteiger partial charge in [-0.2, -0.15) is 0 Å². The lowest BCUT2D eigenvalue weighted by atomic mass is 10.0. The first-order valence-electron chi connectivity index (χ1n) is 6.38. The molecule has 0 saturated carbocycles. The summed E-state index contributed by atoms with van der Waals surface area (Å²) in [6.07, 6.45) is -0.796. The van der Waals surface area contributed by atoms with Gasteiger partial charge in [0, 0.05) is 12.5 Å². The Morgan fingerprint density at radius 2 is 1.57 bits per heavy atom. The first-order chi connectivity index (χ1) is 10.0. The highest BCUT2D eigenvalue weighted by Crippen LogP contribution is 2.31. The molecule has 1 atom stereocenters. The average molecular weight is 294 g/mol. The zero-order valence-corrected chi connectivity index (χ0v) is 11.8. The molecule has 0 bridgehead atoms. The minimum absolute atomic E-state index is 0.101. The van der Waals surface area contributed by atoms with Crippen LogP contribution in [0.5, 0.6) is 11.5 Å². The molecular weight excluding hydrogens is 278 g/mol. The quantitative estimate of drug-likeness (QED) is 0.920. The maximum Gasteiger partial charge on any atom is 0.161 e. The van der Waals surface area contributed by atoms with Gasteiger partial charge in [0.25, 0.3) is 0 Å². The Hall–Kier alpha value is -2.14. The number of aliphatic hydroxyl groups is 1. The number of rotatable bonds is 5. The van der Waals surface area contributed by atoms with Crippen LogP contribution in [-0.2, 0) is 6.42 Å². The lowest BCUT2D eigenvalue weighted by molar-refractivity contribution is 0.177. The van der Waals surface area contributed by atoms with Crippen LogP contribution >= 0.6 is 0 Å². The Labute approximate surface area is 121 Å². The van der Waals surface area contributed by atoms with Crippen molar-refractivity contribution in [1.82, 2.24) is 0 Å². The maximum atomic E-state index is 13.1. The second kappa shape index (κ2) is 6.54. The molecule has 0 spiro atoms. The smallest absolute Gasteiger partial charge is 0.161 e. The zero-order chi connectivity index (χ0) is 15.4. The Balaban J connectivity index is 2.21. The molecule has 0 aliphatic heterocycles. The highest BCUT2D eigenvalue weighted by atomic mass is 19.1. The fraction of sp³-hybridized carbons (Fsp3) is 0.250. The molecule has 1 N–H and O–H groups in total. The van der Waals surface area contributed by atoms with E-state index in [9.17, 15) is 13.9 Å². The van der Waals surface area contributed by atoms with Gasteiger partial charge in [-0.05, 0) is 35.4 Å². The average Bonchev–Trinajstić information content (AvgIpc) is 2.45. The number of hydrogen-bond acceptors (Lipinski definition) is 3. The topological polar surface area (TPSA) is 38.7 Å². The molecular formula is C16H16F2O3. The first-order valence-corrected chi connectivity index (χ1v) is 6.38. The van der Waals surface area contributed by atoms with Gasteiger partial charge in [0.1, 0.15) is 11.6 Å². The van der Waals surface area contributed by atoms with Crippen molar-refractivity contribution in [2.45, 2.75) is 12.5 Å². The van der Waals surface area contributed by atoms with Gasteiger partial charge in [-0.15, -0.1) is 0 Å². The number of aliphatic hydroxyl groups excluding tert-OH is 1. The van der Waals surface area contributed by atoms with Gasteiger partial charge in [0.15, 0.2) is 11.5 Å². The molecule has 0 saturated heterocycles. The molecule has 0 radical (unpaired) electrons. The maximum absolute atomic E-state index is 13.1. The van der Waals surface area contributed by atoms with Gasteiger partial charge in [-0.1, -0.05) is 6.07 Å². The van der Waals surface area contributed by atoms with Crippen LogP contribution in [-0.4, -0.2) is 19.3 Å². The molecule has 21 heavy (non-hydrogen) atoms. The van der Waals surface area contributed by atoms with Crippen molar-refractivity contribution in [2.75, 3.05) is 14.2 Å². The molecule has 0 aromatic heterocycles. The molecule has 0 aliphatic carbocycles. The number of methoxy groups -OCH3 is 2. The van der Waals surface area contributed by atoms with Gasteiger partial charge in [-0.25, -0.2) is 8.78 Å². The Kier molecular flexibility index (Phi) is 4.75. The number of halogens is 2. The lowest BCUT2D eigenvalue weighted by Crippen LogP contribution is -2.03. The van der Waals surface area contributed by atoms with E-state index in [0.29, 0.717) is 22.6 Å². The minimum atomic E-state index is -0.897. The van der Waals surface area contributed by atoms with E-state index in [1.807, 2.05) is 0 Å². The molecule has 0 heterocycles. The molecule has 0 fully saturated rings. The van der Waals surface area contributed by atoms with Crippen LogP contribution in [0.25, 0.3) is 0 Å². The number of hydrogen-bond donors (Lipinski definition) is 1. The Bertz CT molecular complexity index is 609. The first kappa shape index (κ1) is 15.3. The van der Waals surface area contributed by atoms with E-state index in [1.165, 1.54) is 26.4 Å². The number of benzene rings is 2. The van der Waals surface area contributed by atoms with Gasteiger partial charge in [0.2, 0.25) is 0 Å². The van der Waals surface area contributed by atoms with E-state index in [2.05, 4.69) is 0 Å². The summed E-state index contributed by atoms with van der Waals surface area (Å²) in [6.45, 7) is 0. The molecule has 3 nitrogen and oxygen atoms in total. The van der Waals surface area contributed by atoms with Gasteiger partial charge >= 0.3 is 0 Å². The van der Waals surface area contributed by atoms with Gasteiger partial charge in [-0.3, -0.25) is 0 Å². The summed E-state index contributed by atoms with van der Waals surface area (Å²) in [5, 5.41) is 10.2. The minimum Gasteiger partial charge on any atom is -0.493 e.